The molecule has 0 atom stereocenters. The van der Waals surface area contributed by atoms with Gasteiger partial charge in [0.15, 0.2) is 5.78 Å². The molecule has 0 fully saturated rings. The second-order valence-corrected chi connectivity index (χ2v) is 12.7. The maximum absolute atomic E-state index is 10.0. The number of aromatic nitrogens is 1. The minimum Gasteiger partial charge on any atom is -0.512 e. The number of carbonyl (C=O) groups excluding carboxylic acids is 1. The van der Waals surface area contributed by atoms with Crippen molar-refractivity contribution in [2.24, 2.45) is 0 Å². The number of rotatable bonds is 5. The Morgan fingerprint density at radius 1 is 0.720 bits per heavy atom. The third-order valence-electron chi connectivity index (χ3n) is 9.07. The molecule has 5 aromatic carbocycles. The topological polar surface area (TPSA) is 53.4 Å². The summed E-state index contributed by atoms with van der Waals surface area (Å²) in [7, 11) is 0. The van der Waals surface area contributed by atoms with Gasteiger partial charge in [-0.3, -0.25) is 4.79 Å². The van der Waals surface area contributed by atoms with Crippen molar-refractivity contribution in [3.05, 3.63) is 162 Å². The molecule has 1 N–H and O–H groups in total. The second-order valence-electron chi connectivity index (χ2n) is 12.7. The van der Waals surface area contributed by atoms with Crippen molar-refractivity contribution in [1.82, 2.24) is 4.98 Å². The van der Waals surface area contributed by atoms with Crippen LogP contribution >= 0.6 is 0 Å². The normalized spacial score (nSPS) is 11.8. The van der Waals surface area contributed by atoms with Gasteiger partial charge in [-0.25, -0.2) is 0 Å². The van der Waals surface area contributed by atoms with Crippen molar-refractivity contribution < 1.29 is 30.0 Å². The van der Waals surface area contributed by atoms with Gasteiger partial charge in [-0.2, -0.15) is 0 Å². The van der Waals surface area contributed by atoms with Crippen LogP contribution in [0.25, 0.3) is 22.4 Å². The Morgan fingerprint density at radius 2 is 1.34 bits per heavy atom. The van der Waals surface area contributed by atoms with Crippen LogP contribution in [0.5, 0.6) is 0 Å². The molecule has 1 aromatic heterocycles. The van der Waals surface area contributed by atoms with Gasteiger partial charge >= 0.3 is 0 Å². The Hall–Kier alpha value is -5.03. The number of pyridine rings is 1. The Balaban J connectivity index is 0.000000553. The van der Waals surface area contributed by atoms with Gasteiger partial charge < -0.3 is 15.0 Å². The fraction of sp³-hybridized carbons (Fsp3) is 0.136. The number of hydrogen-bond donors (Lipinski definition) is 1. The molecule has 0 saturated carbocycles. The number of para-hydroxylation sites is 2. The number of carbonyl (C=O) groups is 1. The molecule has 1 radical (unpaired) electrons. The van der Waals surface area contributed by atoms with Gasteiger partial charge in [-0.15, -0.1) is 35.9 Å². The van der Waals surface area contributed by atoms with E-state index in [0.717, 1.165) is 16.8 Å². The zero-order chi connectivity index (χ0) is 34.7. The Bertz CT molecular complexity index is 2130. The monoisotopic (exact) mass is 832 g/mol. The molecule has 0 spiro atoms. The van der Waals surface area contributed by atoms with Gasteiger partial charge in [0.05, 0.1) is 11.4 Å². The molecular weight excluding hydrogens is 792 g/mol. The number of ketones is 1. The van der Waals surface area contributed by atoms with Crippen LogP contribution in [-0.4, -0.2) is 22.6 Å². The number of allylic oxidation sites excluding steroid dienone is 2. The van der Waals surface area contributed by atoms with E-state index in [1.165, 1.54) is 81.2 Å². The molecule has 0 unspecified atom stereocenters. The van der Waals surface area contributed by atoms with Crippen molar-refractivity contribution in [3.8, 4) is 22.4 Å². The first kappa shape index (κ1) is 36.3. The Kier molecular flexibility index (Phi) is 11.4. The summed E-state index contributed by atoms with van der Waals surface area (Å²) >= 11 is 0. The number of fused-ring (bicyclic) bond motifs is 2. The van der Waals surface area contributed by atoms with Crippen LogP contribution in [0.15, 0.2) is 133 Å². The van der Waals surface area contributed by atoms with Crippen molar-refractivity contribution >= 4 is 45.9 Å². The average molecular weight is 832 g/mol. The number of hydrogen-bond acceptors (Lipinski definition) is 4. The van der Waals surface area contributed by atoms with E-state index in [2.05, 4.69) is 136 Å². The summed E-state index contributed by atoms with van der Waals surface area (Å²) in [6, 6.07) is 44.6. The minimum atomic E-state index is -0.125. The van der Waals surface area contributed by atoms with Crippen LogP contribution in [0.1, 0.15) is 36.1 Å². The largest absolute Gasteiger partial charge is 0.512 e. The van der Waals surface area contributed by atoms with Crippen LogP contribution in [0.2, 0.25) is 0 Å². The summed E-state index contributed by atoms with van der Waals surface area (Å²) in [6.07, 6.45) is 3.19. The van der Waals surface area contributed by atoms with E-state index in [4.69, 9.17) is 10.1 Å². The summed E-state index contributed by atoms with van der Waals surface area (Å²) < 4.78 is 0. The SMILES string of the molecule is CC(=O)C=C(C)O.Cc1cccc(C)c1B1c2ccccc2N(c2c(C)cccc2C)c2cccc(-c3ccc(-c4[c-]cccc4)nc3)c21.[Ir]. The van der Waals surface area contributed by atoms with E-state index in [-0.39, 0.29) is 38.4 Å². The average Bonchev–Trinajstić information content (AvgIpc) is 3.08. The van der Waals surface area contributed by atoms with Gasteiger partial charge in [-0.1, -0.05) is 95.5 Å². The molecule has 0 saturated heterocycles. The second kappa shape index (κ2) is 15.7. The van der Waals surface area contributed by atoms with E-state index in [0.29, 0.717) is 0 Å². The van der Waals surface area contributed by atoms with Crippen molar-refractivity contribution in [2.75, 3.05) is 4.90 Å². The van der Waals surface area contributed by atoms with E-state index >= 15 is 0 Å². The summed E-state index contributed by atoms with van der Waals surface area (Å²) in [5.74, 6) is -0.0625. The first-order valence-electron chi connectivity index (χ1n) is 16.6. The van der Waals surface area contributed by atoms with Crippen molar-refractivity contribution in [1.29, 1.82) is 0 Å². The summed E-state index contributed by atoms with van der Waals surface area (Å²) in [6.45, 7) is 11.9. The Labute approximate surface area is 310 Å². The van der Waals surface area contributed by atoms with E-state index in [9.17, 15) is 4.79 Å². The van der Waals surface area contributed by atoms with Gasteiger partial charge in [0, 0.05) is 43.8 Å². The zero-order valence-electron chi connectivity index (χ0n) is 29.3. The third kappa shape index (κ3) is 7.28. The van der Waals surface area contributed by atoms with Crippen molar-refractivity contribution in [3.63, 3.8) is 0 Å². The number of aryl methyl sites for hydroxylation is 4. The number of aliphatic hydroxyl groups excluding tert-OH is 1. The predicted octanol–water partition coefficient (Wildman–Crippen LogP) is 8.78. The molecule has 6 aromatic rings. The molecule has 4 nitrogen and oxygen atoms in total. The molecule has 0 amide bonds. The molecule has 0 bridgehead atoms. The minimum absolute atomic E-state index is 0. The molecule has 7 rings (SSSR count). The summed E-state index contributed by atoms with van der Waals surface area (Å²) in [4.78, 5) is 17.4. The van der Waals surface area contributed by atoms with Crippen LogP contribution in [0, 0.1) is 33.8 Å². The molecule has 50 heavy (non-hydrogen) atoms. The van der Waals surface area contributed by atoms with Crippen LogP contribution in [0.4, 0.5) is 17.1 Å². The molecule has 1 aliphatic rings. The van der Waals surface area contributed by atoms with Crippen molar-refractivity contribution in [2.45, 2.75) is 41.5 Å². The first-order valence-corrected chi connectivity index (χ1v) is 16.6. The number of anilines is 3. The summed E-state index contributed by atoms with van der Waals surface area (Å²) in [5, 5.41) is 8.36. The van der Waals surface area contributed by atoms with Gasteiger partial charge in [0.2, 0.25) is 6.71 Å². The molecule has 251 valence electrons. The predicted molar refractivity (Wildman–Crippen MR) is 206 cm³/mol. The number of nitrogens with zero attached hydrogens (tertiary/aromatic N) is 2. The molecular formula is C44H40BIrN2O2-. The quantitative estimate of drug-likeness (QED) is 0.0817. The van der Waals surface area contributed by atoms with E-state index < -0.39 is 0 Å². The van der Waals surface area contributed by atoms with Crippen LogP contribution < -0.4 is 21.3 Å². The standard InChI is InChI=1S/C39H32BN2.C5H8O2.Ir/c1-26-13-10-14-27(2)37(26)40-33-20-8-9-21-35(33)42(39-28(3)15-11-16-29(39)4)36-22-12-19-32(38(36)40)31-23-24-34(41-25-31)30-17-6-5-7-18-30;1-4(6)3-5(2)7;/h5-17,19-25H,1-4H3;3,6H,1-2H3;/q-1;;. The first-order chi connectivity index (χ1) is 23.7. The van der Waals surface area contributed by atoms with Crippen LogP contribution in [-0.2, 0) is 24.9 Å². The van der Waals surface area contributed by atoms with Gasteiger partial charge in [0.25, 0.3) is 0 Å². The summed E-state index contributed by atoms with van der Waals surface area (Å²) in [5.41, 5.74) is 17.1. The third-order valence-corrected chi connectivity index (χ3v) is 9.07. The van der Waals surface area contributed by atoms with Crippen LogP contribution in [0.3, 0.4) is 0 Å². The molecule has 1 aliphatic heterocycles. The number of benzene rings is 5. The maximum atomic E-state index is 10.0. The van der Waals surface area contributed by atoms with E-state index in [1.807, 2.05) is 24.4 Å². The maximum Gasteiger partial charge on any atom is 0.248 e. The molecule has 6 heteroatoms. The zero-order valence-corrected chi connectivity index (χ0v) is 31.7. The molecule has 0 aliphatic carbocycles. The fourth-order valence-electron chi connectivity index (χ4n) is 7.06. The Morgan fingerprint density at radius 3 is 1.92 bits per heavy atom. The fourth-order valence-corrected chi connectivity index (χ4v) is 7.06. The molecule has 2 heterocycles. The smallest absolute Gasteiger partial charge is 0.248 e. The van der Waals surface area contributed by atoms with Gasteiger partial charge in [0.1, 0.15) is 0 Å². The van der Waals surface area contributed by atoms with E-state index in [1.54, 1.807) is 0 Å². The number of aliphatic hydroxyl groups is 1. The van der Waals surface area contributed by atoms with Gasteiger partial charge in [-0.05, 0) is 92.5 Å².